The zero-order chi connectivity index (χ0) is 14.1. The van der Waals surface area contributed by atoms with E-state index in [4.69, 9.17) is 11.6 Å². The Kier molecular flexibility index (Phi) is 3.61. The summed E-state index contributed by atoms with van der Waals surface area (Å²) in [6, 6.07) is 1.77. The number of hydrogen-bond acceptors (Lipinski definition) is 4. The van der Waals surface area contributed by atoms with Gasteiger partial charge in [-0.25, -0.2) is 9.97 Å². The lowest BCUT2D eigenvalue weighted by Crippen LogP contribution is -2.05. The topological polar surface area (TPSA) is 55.6 Å². The predicted octanol–water partition coefficient (Wildman–Crippen LogP) is 2.92. The van der Waals surface area contributed by atoms with Crippen LogP contribution in [0.2, 0.25) is 5.15 Å². The Labute approximate surface area is 123 Å². The van der Waals surface area contributed by atoms with E-state index >= 15 is 0 Å². The SMILES string of the molecule is CCc1nn(C)cc1CNc1cc(Cl)nc(C2CC2)n1. The lowest BCUT2D eigenvalue weighted by molar-refractivity contribution is 0.746. The third-order valence-corrected chi connectivity index (χ3v) is 3.63. The Bertz CT molecular complexity index is 618. The summed E-state index contributed by atoms with van der Waals surface area (Å²) in [6.07, 6.45) is 5.30. The Balaban J connectivity index is 1.74. The van der Waals surface area contributed by atoms with Crippen molar-refractivity contribution in [2.45, 2.75) is 38.6 Å². The Hall–Kier alpha value is -1.62. The van der Waals surface area contributed by atoms with E-state index in [1.54, 1.807) is 6.07 Å². The van der Waals surface area contributed by atoms with Crippen LogP contribution in [0.3, 0.4) is 0 Å². The molecule has 20 heavy (non-hydrogen) atoms. The molecule has 1 N–H and O–H groups in total. The van der Waals surface area contributed by atoms with Gasteiger partial charge in [0, 0.05) is 37.3 Å². The van der Waals surface area contributed by atoms with Gasteiger partial charge in [0.2, 0.25) is 0 Å². The number of aryl methyl sites for hydroxylation is 2. The smallest absolute Gasteiger partial charge is 0.135 e. The molecule has 106 valence electrons. The molecule has 1 aliphatic carbocycles. The third kappa shape index (κ3) is 2.93. The Morgan fingerprint density at radius 3 is 2.90 bits per heavy atom. The van der Waals surface area contributed by atoms with Crippen LogP contribution >= 0.6 is 11.6 Å². The first kappa shape index (κ1) is 13.4. The molecule has 6 heteroatoms. The second-order valence-electron chi connectivity index (χ2n) is 5.19. The van der Waals surface area contributed by atoms with Crippen LogP contribution in [0.1, 0.15) is 42.8 Å². The first-order chi connectivity index (χ1) is 9.65. The molecule has 5 nitrogen and oxygen atoms in total. The van der Waals surface area contributed by atoms with E-state index in [0.717, 1.165) is 23.8 Å². The van der Waals surface area contributed by atoms with E-state index in [2.05, 4.69) is 27.3 Å². The highest BCUT2D eigenvalue weighted by molar-refractivity contribution is 6.29. The van der Waals surface area contributed by atoms with E-state index in [1.807, 2.05) is 17.9 Å². The molecule has 2 aromatic rings. The minimum atomic E-state index is 0.499. The fraction of sp³-hybridized carbons (Fsp3) is 0.500. The zero-order valence-electron chi connectivity index (χ0n) is 11.7. The van der Waals surface area contributed by atoms with Crippen molar-refractivity contribution >= 4 is 17.4 Å². The summed E-state index contributed by atoms with van der Waals surface area (Å²) in [6.45, 7) is 2.81. The van der Waals surface area contributed by atoms with Gasteiger partial charge in [-0.05, 0) is 19.3 Å². The van der Waals surface area contributed by atoms with Crippen LogP contribution in [0.5, 0.6) is 0 Å². The van der Waals surface area contributed by atoms with Gasteiger partial charge in [0.15, 0.2) is 0 Å². The summed E-state index contributed by atoms with van der Waals surface area (Å²) in [4.78, 5) is 8.83. The second-order valence-corrected chi connectivity index (χ2v) is 5.58. The van der Waals surface area contributed by atoms with Gasteiger partial charge in [0.05, 0.1) is 5.69 Å². The van der Waals surface area contributed by atoms with Gasteiger partial charge in [0.1, 0.15) is 16.8 Å². The Morgan fingerprint density at radius 1 is 1.40 bits per heavy atom. The summed E-state index contributed by atoms with van der Waals surface area (Å²) in [5.41, 5.74) is 2.31. The molecule has 2 heterocycles. The maximum absolute atomic E-state index is 6.06. The summed E-state index contributed by atoms with van der Waals surface area (Å²) in [5.74, 6) is 2.15. The molecule has 0 saturated heterocycles. The van der Waals surface area contributed by atoms with Crippen molar-refractivity contribution in [3.8, 4) is 0 Å². The summed E-state index contributed by atoms with van der Waals surface area (Å²) in [5, 5.41) is 8.26. The molecule has 2 aromatic heterocycles. The molecular formula is C14H18ClN5. The van der Waals surface area contributed by atoms with Gasteiger partial charge in [-0.2, -0.15) is 5.10 Å². The van der Waals surface area contributed by atoms with Gasteiger partial charge < -0.3 is 5.32 Å². The average Bonchev–Trinajstić information content (AvgIpc) is 3.20. The fourth-order valence-corrected chi connectivity index (χ4v) is 2.45. The van der Waals surface area contributed by atoms with Gasteiger partial charge in [-0.15, -0.1) is 0 Å². The molecule has 0 atom stereocenters. The molecule has 0 amide bonds. The summed E-state index contributed by atoms with van der Waals surface area (Å²) >= 11 is 6.06. The van der Waals surface area contributed by atoms with Crippen molar-refractivity contribution in [1.29, 1.82) is 0 Å². The van der Waals surface area contributed by atoms with E-state index < -0.39 is 0 Å². The average molecular weight is 292 g/mol. The molecule has 0 aliphatic heterocycles. The molecule has 1 fully saturated rings. The van der Waals surface area contributed by atoms with E-state index in [0.29, 0.717) is 17.6 Å². The minimum absolute atomic E-state index is 0.499. The van der Waals surface area contributed by atoms with Crippen LogP contribution in [-0.2, 0) is 20.0 Å². The molecule has 0 unspecified atom stereocenters. The molecule has 0 bridgehead atoms. The molecular weight excluding hydrogens is 274 g/mol. The van der Waals surface area contributed by atoms with Crippen molar-refractivity contribution in [2.24, 2.45) is 7.05 Å². The van der Waals surface area contributed by atoms with Gasteiger partial charge in [-0.3, -0.25) is 4.68 Å². The summed E-state index contributed by atoms with van der Waals surface area (Å²) < 4.78 is 1.85. The van der Waals surface area contributed by atoms with Gasteiger partial charge in [-0.1, -0.05) is 18.5 Å². The van der Waals surface area contributed by atoms with Crippen molar-refractivity contribution in [1.82, 2.24) is 19.7 Å². The molecule has 0 radical (unpaired) electrons. The normalized spacial score (nSPS) is 14.6. The maximum Gasteiger partial charge on any atom is 0.135 e. The zero-order valence-corrected chi connectivity index (χ0v) is 12.5. The quantitative estimate of drug-likeness (QED) is 0.861. The van der Waals surface area contributed by atoms with Crippen LogP contribution in [0, 0.1) is 0 Å². The first-order valence-electron chi connectivity index (χ1n) is 6.95. The van der Waals surface area contributed by atoms with Crippen molar-refractivity contribution in [2.75, 3.05) is 5.32 Å². The monoisotopic (exact) mass is 291 g/mol. The number of hydrogen-bond donors (Lipinski definition) is 1. The molecule has 3 rings (SSSR count). The number of rotatable bonds is 5. The van der Waals surface area contributed by atoms with Crippen LogP contribution in [0.4, 0.5) is 5.82 Å². The molecule has 0 spiro atoms. The third-order valence-electron chi connectivity index (χ3n) is 3.44. The Morgan fingerprint density at radius 2 is 2.20 bits per heavy atom. The summed E-state index contributed by atoms with van der Waals surface area (Å²) in [7, 11) is 1.94. The largest absolute Gasteiger partial charge is 0.366 e. The van der Waals surface area contributed by atoms with Crippen molar-refractivity contribution in [3.63, 3.8) is 0 Å². The molecule has 0 aromatic carbocycles. The minimum Gasteiger partial charge on any atom is -0.366 e. The number of nitrogens with zero attached hydrogens (tertiary/aromatic N) is 4. The van der Waals surface area contributed by atoms with Gasteiger partial charge >= 0.3 is 0 Å². The lowest BCUT2D eigenvalue weighted by atomic mass is 10.2. The van der Waals surface area contributed by atoms with E-state index in [1.165, 1.54) is 18.4 Å². The lowest BCUT2D eigenvalue weighted by Gasteiger charge is -2.07. The van der Waals surface area contributed by atoms with E-state index in [9.17, 15) is 0 Å². The second kappa shape index (κ2) is 5.40. The van der Waals surface area contributed by atoms with Crippen molar-refractivity contribution in [3.05, 3.63) is 34.5 Å². The first-order valence-corrected chi connectivity index (χ1v) is 7.33. The number of nitrogens with one attached hydrogen (secondary N) is 1. The van der Waals surface area contributed by atoms with E-state index in [-0.39, 0.29) is 0 Å². The molecule has 1 aliphatic rings. The number of anilines is 1. The highest BCUT2D eigenvalue weighted by atomic mass is 35.5. The standard InChI is InChI=1S/C14H18ClN5/c1-3-11-10(8-20(2)19-11)7-16-13-6-12(15)17-14(18-13)9-4-5-9/h6,8-9H,3-5,7H2,1-2H3,(H,16,17,18). The number of halogens is 1. The number of aromatic nitrogens is 4. The highest BCUT2D eigenvalue weighted by Crippen LogP contribution is 2.38. The fourth-order valence-electron chi connectivity index (χ4n) is 2.26. The van der Waals surface area contributed by atoms with Gasteiger partial charge in [0.25, 0.3) is 0 Å². The predicted molar refractivity (Wildman–Crippen MR) is 78.9 cm³/mol. The van der Waals surface area contributed by atoms with Crippen LogP contribution in [-0.4, -0.2) is 19.7 Å². The van der Waals surface area contributed by atoms with Crippen LogP contribution in [0.15, 0.2) is 12.3 Å². The molecule has 1 saturated carbocycles. The highest BCUT2D eigenvalue weighted by Gasteiger charge is 2.27. The van der Waals surface area contributed by atoms with Crippen LogP contribution in [0.25, 0.3) is 0 Å². The maximum atomic E-state index is 6.06. The van der Waals surface area contributed by atoms with Crippen molar-refractivity contribution < 1.29 is 0 Å². The van der Waals surface area contributed by atoms with Crippen LogP contribution < -0.4 is 5.32 Å².